The summed E-state index contributed by atoms with van der Waals surface area (Å²) >= 11 is 0. The highest BCUT2D eigenvalue weighted by molar-refractivity contribution is 6.12. The lowest BCUT2D eigenvalue weighted by atomic mass is 10.0. The topological polar surface area (TPSA) is 69.3 Å². The molecule has 7 nitrogen and oxygen atoms in total. The van der Waals surface area contributed by atoms with Gasteiger partial charge in [0.2, 0.25) is 0 Å². The fraction of sp³-hybridized carbons (Fsp3) is 0.296. The number of carbonyl (C=O) groups excluding carboxylic acids is 1. The maximum absolute atomic E-state index is 13.7. The Kier molecular flexibility index (Phi) is 5.92. The first-order valence-corrected chi connectivity index (χ1v) is 11.4. The van der Waals surface area contributed by atoms with Crippen LogP contribution in [-0.4, -0.2) is 32.8 Å². The second kappa shape index (κ2) is 9.17. The van der Waals surface area contributed by atoms with Gasteiger partial charge in [-0.1, -0.05) is 32.0 Å². The zero-order valence-electron chi connectivity index (χ0n) is 19.5. The first-order valence-electron chi connectivity index (χ1n) is 11.4. The molecule has 1 atom stereocenters. The maximum Gasteiger partial charge on any atom is 0.262 e. The van der Waals surface area contributed by atoms with Gasteiger partial charge in [-0.2, -0.15) is 0 Å². The van der Waals surface area contributed by atoms with Crippen LogP contribution in [0.1, 0.15) is 35.9 Å². The minimum absolute atomic E-state index is 0.102. The maximum atomic E-state index is 13.7. The number of benzene rings is 3. The molecule has 0 saturated heterocycles. The van der Waals surface area contributed by atoms with E-state index in [-0.39, 0.29) is 5.91 Å². The molecule has 0 aromatic heterocycles. The first kappa shape index (κ1) is 21.9. The van der Waals surface area contributed by atoms with Crippen LogP contribution in [0, 0.1) is 5.92 Å². The molecule has 34 heavy (non-hydrogen) atoms. The van der Waals surface area contributed by atoms with Crippen LogP contribution in [0.25, 0.3) is 0 Å². The summed E-state index contributed by atoms with van der Waals surface area (Å²) in [5.41, 5.74) is 2.97. The van der Waals surface area contributed by atoms with Gasteiger partial charge in [-0.15, -0.1) is 0 Å². The molecule has 3 aromatic rings. The normalized spacial score (nSPS) is 16.6. The highest BCUT2D eigenvalue weighted by atomic mass is 16.6. The summed E-state index contributed by atoms with van der Waals surface area (Å²) in [7, 11) is 1.62. The molecular weight excluding hydrogens is 432 g/mol. The van der Waals surface area contributed by atoms with Gasteiger partial charge in [0.25, 0.3) is 5.91 Å². The van der Waals surface area contributed by atoms with E-state index in [1.54, 1.807) is 12.0 Å². The van der Waals surface area contributed by atoms with Crippen LogP contribution in [0.4, 0.5) is 11.4 Å². The van der Waals surface area contributed by atoms with E-state index >= 15 is 0 Å². The van der Waals surface area contributed by atoms with Crippen molar-refractivity contribution in [1.29, 1.82) is 0 Å². The monoisotopic (exact) mass is 460 g/mol. The minimum atomic E-state index is -0.460. The molecule has 0 spiro atoms. The number of amides is 1. The summed E-state index contributed by atoms with van der Waals surface area (Å²) in [5.74, 6) is 2.89. The predicted molar refractivity (Wildman–Crippen MR) is 130 cm³/mol. The number of para-hydroxylation sites is 1. The molecule has 5 rings (SSSR count). The van der Waals surface area contributed by atoms with Gasteiger partial charge >= 0.3 is 0 Å². The number of anilines is 2. The summed E-state index contributed by atoms with van der Waals surface area (Å²) in [4.78, 5) is 15.5. The number of methoxy groups -OCH3 is 1. The number of nitrogens with one attached hydrogen (secondary N) is 1. The number of hydrogen-bond acceptors (Lipinski definition) is 6. The first-order chi connectivity index (χ1) is 16.5. The van der Waals surface area contributed by atoms with E-state index in [0.29, 0.717) is 60.0 Å². The zero-order chi connectivity index (χ0) is 23.7. The van der Waals surface area contributed by atoms with Gasteiger partial charge in [-0.05, 0) is 47.9 Å². The van der Waals surface area contributed by atoms with Crippen LogP contribution in [0.3, 0.4) is 0 Å². The lowest BCUT2D eigenvalue weighted by Crippen LogP contribution is -2.43. The molecule has 0 saturated carbocycles. The second-order valence-electron chi connectivity index (χ2n) is 8.71. The van der Waals surface area contributed by atoms with Crippen molar-refractivity contribution in [2.75, 3.05) is 37.1 Å². The quantitative estimate of drug-likeness (QED) is 0.540. The summed E-state index contributed by atoms with van der Waals surface area (Å²) in [6.45, 7) is 5.77. The van der Waals surface area contributed by atoms with Gasteiger partial charge < -0.3 is 24.3 Å². The van der Waals surface area contributed by atoms with E-state index in [1.165, 1.54) is 0 Å². The molecule has 0 fully saturated rings. The summed E-state index contributed by atoms with van der Waals surface area (Å²) in [6, 6.07) is 18.9. The second-order valence-corrected chi connectivity index (χ2v) is 8.71. The molecule has 0 radical (unpaired) electrons. The standard InChI is InChI=1S/C27H28N2O5/c1-17(2)16-34-22-10-8-18(14-24(22)31-3)26-28-21-7-5-4-6-20(21)27(30)29(26)19-9-11-23-25(15-19)33-13-12-32-23/h4-11,14-15,17,26,28H,12-13,16H2,1-3H3/t26-/m1/s1. The van der Waals surface area contributed by atoms with Crippen molar-refractivity contribution in [2.45, 2.75) is 20.0 Å². The minimum Gasteiger partial charge on any atom is -0.493 e. The van der Waals surface area contributed by atoms with E-state index in [0.717, 1.165) is 11.3 Å². The van der Waals surface area contributed by atoms with Crippen LogP contribution >= 0.6 is 0 Å². The fourth-order valence-corrected chi connectivity index (χ4v) is 4.16. The fourth-order valence-electron chi connectivity index (χ4n) is 4.16. The van der Waals surface area contributed by atoms with Gasteiger partial charge in [0.15, 0.2) is 23.0 Å². The van der Waals surface area contributed by atoms with E-state index in [1.807, 2.05) is 60.7 Å². The zero-order valence-corrected chi connectivity index (χ0v) is 19.5. The summed E-state index contributed by atoms with van der Waals surface area (Å²) < 4.78 is 23.0. The lowest BCUT2D eigenvalue weighted by Gasteiger charge is -2.38. The highest BCUT2D eigenvalue weighted by Gasteiger charge is 2.35. The molecule has 176 valence electrons. The van der Waals surface area contributed by atoms with Crippen molar-refractivity contribution >= 4 is 17.3 Å². The van der Waals surface area contributed by atoms with Crippen molar-refractivity contribution < 1.29 is 23.7 Å². The average Bonchev–Trinajstić information content (AvgIpc) is 2.87. The number of rotatable bonds is 6. The Balaban J connectivity index is 1.57. The van der Waals surface area contributed by atoms with Crippen LogP contribution in [0.15, 0.2) is 60.7 Å². The molecule has 0 unspecified atom stereocenters. The molecule has 3 aromatic carbocycles. The predicted octanol–water partition coefficient (Wildman–Crippen LogP) is 5.27. The number of nitrogens with zero attached hydrogens (tertiary/aromatic N) is 1. The molecule has 2 aliphatic heterocycles. The average molecular weight is 461 g/mol. The van der Waals surface area contributed by atoms with Crippen molar-refractivity contribution in [2.24, 2.45) is 5.92 Å². The number of carbonyl (C=O) groups is 1. The molecular formula is C27H28N2O5. The number of ether oxygens (including phenoxy) is 4. The van der Waals surface area contributed by atoms with E-state index < -0.39 is 6.17 Å². The van der Waals surface area contributed by atoms with Crippen molar-refractivity contribution in [3.05, 3.63) is 71.8 Å². The van der Waals surface area contributed by atoms with Crippen LogP contribution < -0.4 is 29.2 Å². The third-order valence-corrected chi connectivity index (χ3v) is 5.81. The Bertz CT molecular complexity index is 1210. The molecule has 1 N–H and O–H groups in total. The van der Waals surface area contributed by atoms with Gasteiger partial charge in [-0.25, -0.2) is 0 Å². The Morgan fingerprint density at radius 1 is 1.00 bits per heavy atom. The Hall–Kier alpha value is -3.87. The lowest BCUT2D eigenvalue weighted by molar-refractivity contribution is 0.0974. The van der Waals surface area contributed by atoms with Crippen molar-refractivity contribution in [1.82, 2.24) is 0 Å². The van der Waals surface area contributed by atoms with E-state index in [2.05, 4.69) is 19.2 Å². The molecule has 7 heteroatoms. The number of fused-ring (bicyclic) bond motifs is 2. The molecule has 0 aliphatic carbocycles. The summed E-state index contributed by atoms with van der Waals surface area (Å²) in [5, 5.41) is 3.53. The molecule has 2 heterocycles. The van der Waals surface area contributed by atoms with Crippen LogP contribution in [-0.2, 0) is 0 Å². The Morgan fingerprint density at radius 3 is 2.59 bits per heavy atom. The van der Waals surface area contributed by atoms with Crippen LogP contribution in [0.2, 0.25) is 0 Å². The van der Waals surface area contributed by atoms with Crippen molar-refractivity contribution in [3.8, 4) is 23.0 Å². The third kappa shape index (κ3) is 4.09. The van der Waals surface area contributed by atoms with E-state index in [4.69, 9.17) is 18.9 Å². The SMILES string of the molecule is COc1cc([C@@H]2Nc3ccccc3C(=O)N2c2ccc3c(c2)OCCO3)ccc1OCC(C)C. The summed E-state index contributed by atoms with van der Waals surface area (Å²) in [6.07, 6.45) is -0.460. The van der Waals surface area contributed by atoms with E-state index in [9.17, 15) is 4.79 Å². The van der Waals surface area contributed by atoms with Gasteiger partial charge in [0.05, 0.1) is 25.0 Å². The van der Waals surface area contributed by atoms with Crippen molar-refractivity contribution in [3.63, 3.8) is 0 Å². The largest absolute Gasteiger partial charge is 0.493 e. The Labute approximate surface area is 199 Å². The molecule has 2 aliphatic rings. The van der Waals surface area contributed by atoms with Gasteiger partial charge in [-0.3, -0.25) is 9.69 Å². The number of hydrogen-bond donors (Lipinski definition) is 1. The van der Waals surface area contributed by atoms with Crippen LogP contribution in [0.5, 0.6) is 23.0 Å². The molecule has 0 bridgehead atoms. The Morgan fingerprint density at radius 2 is 1.79 bits per heavy atom. The third-order valence-electron chi connectivity index (χ3n) is 5.81. The van der Waals surface area contributed by atoms with Gasteiger partial charge in [0.1, 0.15) is 19.4 Å². The smallest absolute Gasteiger partial charge is 0.262 e. The van der Waals surface area contributed by atoms with Gasteiger partial charge in [0, 0.05) is 11.8 Å². The molecule has 1 amide bonds. The highest BCUT2D eigenvalue weighted by Crippen LogP contribution is 2.42.